The van der Waals surface area contributed by atoms with Crippen molar-refractivity contribution in [2.24, 2.45) is 11.8 Å². The molecule has 3 rings (SSSR count). The van der Waals surface area contributed by atoms with E-state index in [1.54, 1.807) is 18.2 Å². The van der Waals surface area contributed by atoms with Crippen molar-refractivity contribution in [1.29, 1.82) is 0 Å². The molecule has 1 aromatic rings. The Labute approximate surface area is 105 Å². The molecule has 1 heterocycles. The largest absolute Gasteiger partial charge is 0.504 e. The van der Waals surface area contributed by atoms with Gasteiger partial charge in [0.25, 0.3) is 5.91 Å². The van der Waals surface area contributed by atoms with E-state index >= 15 is 0 Å². The third-order valence-electron chi connectivity index (χ3n) is 3.85. The maximum absolute atomic E-state index is 12.1. The first-order valence-electron chi connectivity index (χ1n) is 6.10. The predicted octanol–water partition coefficient (Wildman–Crippen LogP) is 0.348. The minimum atomic E-state index is -0.231. The zero-order valence-electron chi connectivity index (χ0n) is 10.1. The van der Waals surface area contributed by atoms with Gasteiger partial charge in [-0.25, -0.2) is 0 Å². The number of hydrogen-bond acceptors (Lipinski definition) is 4. The minimum absolute atomic E-state index is 0.0959. The lowest BCUT2D eigenvalue weighted by molar-refractivity contribution is 0.0943. The van der Waals surface area contributed by atoms with Gasteiger partial charge in [-0.2, -0.15) is 0 Å². The van der Waals surface area contributed by atoms with E-state index in [9.17, 15) is 9.90 Å². The summed E-state index contributed by atoms with van der Waals surface area (Å²) >= 11 is 0. The number of nitrogens with one attached hydrogen (secondary N) is 2. The number of carbonyl (C=O) groups excluding carboxylic acids is 1. The first-order chi connectivity index (χ1) is 8.72. The number of benzene rings is 1. The standard InChI is InChI=1S/C13H16N2O3/c1-18-10-4-2-3-7(12(10)16)13(17)15-11-8-5-14-6-9(8)11/h2-4,8-9,11,14,16H,5-6H2,1H3,(H,15,17). The minimum Gasteiger partial charge on any atom is -0.504 e. The van der Waals surface area contributed by atoms with Crippen molar-refractivity contribution in [2.75, 3.05) is 20.2 Å². The van der Waals surface area contributed by atoms with Gasteiger partial charge in [-0.05, 0) is 24.0 Å². The lowest BCUT2D eigenvalue weighted by Crippen LogP contribution is -2.32. The van der Waals surface area contributed by atoms with Crippen LogP contribution in [0.4, 0.5) is 0 Å². The number of fused-ring (bicyclic) bond motifs is 1. The molecule has 1 amide bonds. The van der Waals surface area contributed by atoms with Crippen LogP contribution in [0.2, 0.25) is 0 Å². The molecule has 1 aromatic carbocycles. The monoisotopic (exact) mass is 248 g/mol. The zero-order valence-corrected chi connectivity index (χ0v) is 10.1. The Morgan fingerprint density at radius 2 is 2.17 bits per heavy atom. The molecule has 3 N–H and O–H groups in total. The number of phenols is 1. The Hall–Kier alpha value is -1.75. The van der Waals surface area contributed by atoms with Crippen LogP contribution in [0.1, 0.15) is 10.4 Å². The van der Waals surface area contributed by atoms with Gasteiger partial charge < -0.3 is 20.5 Å². The number of carbonyl (C=O) groups is 1. The number of amides is 1. The van der Waals surface area contributed by atoms with Crippen LogP contribution in [0, 0.1) is 11.8 Å². The quantitative estimate of drug-likeness (QED) is 0.722. The summed E-state index contributed by atoms with van der Waals surface area (Å²) < 4.78 is 4.99. The summed E-state index contributed by atoms with van der Waals surface area (Å²) in [5.74, 6) is 1.11. The van der Waals surface area contributed by atoms with E-state index < -0.39 is 0 Å². The van der Waals surface area contributed by atoms with Crippen LogP contribution in [0.5, 0.6) is 11.5 Å². The average Bonchev–Trinajstić information content (AvgIpc) is 2.82. The van der Waals surface area contributed by atoms with E-state index in [1.807, 2.05) is 0 Å². The molecule has 2 atom stereocenters. The normalized spacial score (nSPS) is 28.6. The lowest BCUT2D eigenvalue weighted by atomic mass is 10.1. The fraction of sp³-hybridized carbons (Fsp3) is 0.462. The Bertz CT molecular complexity index is 479. The molecule has 0 radical (unpaired) electrons. The molecule has 5 nitrogen and oxygen atoms in total. The summed E-state index contributed by atoms with van der Waals surface area (Å²) in [5, 5.41) is 16.1. The predicted molar refractivity (Wildman–Crippen MR) is 65.8 cm³/mol. The summed E-state index contributed by atoms with van der Waals surface area (Å²) in [7, 11) is 1.47. The number of ether oxygens (including phenoxy) is 1. The third kappa shape index (κ3) is 1.71. The van der Waals surface area contributed by atoms with E-state index in [0.717, 1.165) is 13.1 Å². The zero-order chi connectivity index (χ0) is 12.7. The molecule has 1 aliphatic carbocycles. The smallest absolute Gasteiger partial charge is 0.255 e. The maximum atomic E-state index is 12.1. The molecular weight excluding hydrogens is 232 g/mol. The second-order valence-corrected chi connectivity index (χ2v) is 4.84. The van der Waals surface area contributed by atoms with Gasteiger partial charge in [0, 0.05) is 19.1 Å². The Balaban J connectivity index is 1.73. The van der Waals surface area contributed by atoms with Crippen LogP contribution < -0.4 is 15.4 Å². The van der Waals surface area contributed by atoms with Gasteiger partial charge in [-0.15, -0.1) is 0 Å². The van der Waals surface area contributed by atoms with Gasteiger partial charge in [-0.3, -0.25) is 4.79 Å². The van der Waals surface area contributed by atoms with Crippen molar-refractivity contribution in [2.45, 2.75) is 6.04 Å². The molecule has 1 saturated carbocycles. The second-order valence-electron chi connectivity index (χ2n) is 4.84. The second kappa shape index (κ2) is 4.17. The highest BCUT2D eigenvalue weighted by atomic mass is 16.5. The van der Waals surface area contributed by atoms with Crippen LogP contribution in [0.3, 0.4) is 0 Å². The van der Waals surface area contributed by atoms with Crippen LogP contribution in [0.15, 0.2) is 18.2 Å². The Morgan fingerprint density at radius 3 is 2.83 bits per heavy atom. The fourth-order valence-electron chi connectivity index (χ4n) is 2.73. The summed E-state index contributed by atoms with van der Waals surface area (Å²) in [6.45, 7) is 1.94. The van der Waals surface area contributed by atoms with E-state index in [-0.39, 0.29) is 23.3 Å². The molecule has 1 aliphatic heterocycles. The fourth-order valence-corrected chi connectivity index (χ4v) is 2.73. The van der Waals surface area contributed by atoms with E-state index in [2.05, 4.69) is 10.6 Å². The topological polar surface area (TPSA) is 70.6 Å². The van der Waals surface area contributed by atoms with Crippen molar-refractivity contribution < 1.29 is 14.6 Å². The van der Waals surface area contributed by atoms with Gasteiger partial charge in [0.05, 0.1) is 12.7 Å². The van der Waals surface area contributed by atoms with E-state index in [4.69, 9.17) is 4.74 Å². The summed E-state index contributed by atoms with van der Waals surface area (Å²) in [5.41, 5.74) is 0.271. The molecule has 2 aliphatic rings. The van der Waals surface area contributed by atoms with Crippen molar-refractivity contribution in [3.05, 3.63) is 23.8 Å². The highest BCUT2D eigenvalue weighted by Gasteiger charge is 2.53. The molecule has 96 valence electrons. The summed E-state index contributed by atoms with van der Waals surface area (Å²) in [6.07, 6.45) is 0. The molecule has 0 bridgehead atoms. The third-order valence-corrected chi connectivity index (χ3v) is 3.85. The SMILES string of the molecule is COc1cccc(C(=O)NC2C3CNCC32)c1O. The molecular formula is C13H16N2O3. The van der Waals surface area contributed by atoms with Crippen molar-refractivity contribution in [3.63, 3.8) is 0 Å². The van der Waals surface area contributed by atoms with Gasteiger partial charge in [0.1, 0.15) is 0 Å². The highest BCUT2D eigenvalue weighted by Crippen LogP contribution is 2.42. The number of methoxy groups -OCH3 is 1. The number of piperidine rings is 1. The number of aromatic hydroxyl groups is 1. The molecule has 0 spiro atoms. The van der Waals surface area contributed by atoms with Gasteiger partial charge in [0.2, 0.25) is 0 Å². The van der Waals surface area contributed by atoms with Crippen molar-refractivity contribution in [3.8, 4) is 11.5 Å². The number of phenolic OH excluding ortho intramolecular Hbond substituents is 1. The molecule has 2 fully saturated rings. The first kappa shape index (κ1) is 11.3. The molecule has 1 saturated heterocycles. The lowest BCUT2D eigenvalue weighted by Gasteiger charge is -2.10. The van der Waals surface area contributed by atoms with Crippen molar-refractivity contribution in [1.82, 2.24) is 10.6 Å². The Kier molecular flexibility index (Phi) is 2.63. The average molecular weight is 248 g/mol. The molecule has 2 unspecified atom stereocenters. The molecule has 18 heavy (non-hydrogen) atoms. The molecule has 5 heteroatoms. The number of hydrogen-bond donors (Lipinski definition) is 3. The van der Waals surface area contributed by atoms with Crippen LogP contribution in [0.25, 0.3) is 0 Å². The van der Waals surface area contributed by atoms with Crippen LogP contribution in [-0.2, 0) is 0 Å². The van der Waals surface area contributed by atoms with Crippen LogP contribution in [-0.4, -0.2) is 37.3 Å². The van der Waals surface area contributed by atoms with Gasteiger partial charge in [0.15, 0.2) is 11.5 Å². The first-order valence-corrected chi connectivity index (χ1v) is 6.10. The van der Waals surface area contributed by atoms with Gasteiger partial charge >= 0.3 is 0 Å². The summed E-state index contributed by atoms with van der Waals surface area (Å²) in [4.78, 5) is 12.1. The van der Waals surface area contributed by atoms with Gasteiger partial charge in [-0.1, -0.05) is 6.07 Å². The van der Waals surface area contributed by atoms with Crippen LogP contribution >= 0.6 is 0 Å². The molecule has 0 aromatic heterocycles. The maximum Gasteiger partial charge on any atom is 0.255 e. The van der Waals surface area contributed by atoms with Crippen molar-refractivity contribution >= 4 is 5.91 Å². The van der Waals surface area contributed by atoms with E-state index in [1.165, 1.54) is 7.11 Å². The number of rotatable bonds is 3. The van der Waals surface area contributed by atoms with E-state index in [0.29, 0.717) is 17.6 Å². The Morgan fingerprint density at radius 1 is 1.44 bits per heavy atom. The summed E-state index contributed by atoms with van der Waals surface area (Å²) in [6, 6.07) is 5.18. The number of para-hydroxylation sites is 1. The highest BCUT2D eigenvalue weighted by molar-refractivity contribution is 5.98.